The second kappa shape index (κ2) is 5.54. The molecule has 0 saturated carbocycles. The number of nitrogens with two attached hydrogens (primary N) is 1. The smallest absolute Gasteiger partial charge is 0.337 e. The van der Waals surface area contributed by atoms with E-state index >= 15 is 0 Å². The molecule has 4 N–H and O–H groups in total. The monoisotopic (exact) mass is 328 g/mol. The van der Waals surface area contributed by atoms with Gasteiger partial charge in [-0.1, -0.05) is 11.6 Å². The molecule has 8 nitrogen and oxygen atoms in total. The van der Waals surface area contributed by atoms with Crippen molar-refractivity contribution < 1.29 is 18.3 Å². The van der Waals surface area contributed by atoms with Crippen LogP contribution < -0.4 is 10.5 Å². The van der Waals surface area contributed by atoms with E-state index < -0.39 is 26.5 Å². The van der Waals surface area contributed by atoms with Gasteiger partial charge >= 0.3 is 5.97 Å². The Balaban J connectivity index is 2.44. The highest BCUT2D eigenvalue weighted by Crippen LogP contribution is 2.21. The number of hydrogen-bond acceptors (Lipinski definition) is 6. The van der Waals surface area contributed by atoms with Gasteiger partial charge in [-0.15, -0.1) is 10.2 Å². The molecule has 0 atom stereocenters. The maximum absolute atomic E-state index is 12.2. The Morgan fingerprint density at radius 2 is 1.95 bits per heavy atom. The summed E-state index contributed by atoms with van der Waals surface area (Å²) in [4.78, 5) is 10.7. The van der Waals surface area contributed by atoms with E-state index in [1.807, 2.05) is 0 Å². The van der Waals surface area contributed by atoms with Gasteiger partial charge < -0.3 is 10.8 Å². The van der Waals surface area contributed by atoms with Crippen LogP contribution in [0, 0.1) is 0 Å². The third-order valence-corrected chi connectivity index (χ3v) is 4.01. The summed E-state index contributed by atoms with van der Waals surface area (Å²) in [5, 5.41) is 16.2. The molecule has 0 saturated heterocycles. The van der Waals surface area contributed by atoms with Crippen molar-refractivity contribution in [3.63, 3.8) is 0 Å². The predicted molar refractivity (Wildman–Crippen MR) is 75.7 cm³/mol. The van der Waals surface area contributed by atoms with Crippen LogP contribution in [0.25, 0.3) is 0 Å². The van der Waals surface area contributed by atoms with Gasteiger partial charge in [0.15, 0.2) is 11.0 Å². The first kappa shape index (κ1) is 15.0. The van der Waals surface area contributed by atoms with E-state index in [2.05, 4.69) is 14.9 Å². The van der Waals surface area contributed by atoms with Crippen LogP contribution in [0.1, 0.15) is 10.4 Å². The number of rotatable bonds is 4. The van der Waals surface area contributed by atoms with Crippen LogP contribution >= 0.6 is 11.6 Å². The molecule has 0 unspecified atom stereocenters. The molecule has 0 aliphatic carbocycles. The van der Waals surface area contributed by atoms with Crippen molar-refractivity contribution in [2.45, 2.75) is 4.90 Å². The number of aromatic carboxylic acids is 1. The number of hydrogen-bond donors (Lipinski definition) is 3. The number of nitrogens with one attached hydrogen (secondary N) is 1. The molecule has 10 heteroatoms. The summed E-state index contributed by atoms with van der Waals surface area (Å²) >= 11 is 5.54. The lowest BCUT2D eigenvalue weighted by molar-refractivity contribution is 0.0692. The van der Waals surface area contributed by atoms with E-state index in [0.717, 1.165) is 12.1 Å². The Hall–Kier alpha value is -2.39. The van der Waals surface area contributed by atoms with E-state index in [4.69, 9.17) is 22.4 Å². The number of carboxylic acids is 1. The molecular formula is C11H9ClN4O4S. The second-order valence-corrected chi connectivity index (χ2v) is 5.95. The average molecular weight is 329 g/mol. The zero-order valence-corrected chi connectivity index (χ0v) is 11.9. The van der Waals surface area contributed by atoms with Crippen LogP contribution in [0.2, 0.25) is 5.15 Å². The Labute approximate surface area is 124 Å². The first-order chi connectivity index (χ1) is 9.79. The van der Waals surface area contributed by atoms with Crippen molar-refractivity contribution in [1.29, 1.82) is 0 Å². The molecule has 21 heavy (non-hydrogen) atoms. The third kappa shape index (κ3) is 3.38. The van der Waals surface area contributed by atoms with Crippen LogP contribution in [0.15, 0.2) is 35.2 Å². The number of benzene rings is 1. The molecule has 0 amide bonds. The minimum atomic E-state index is -4.15. The van der Waals surface area contributed by atoms with Crippen molar-refractivity contribution in [2.75, 3.05) is 10.5 Å². The van der Waals surface area contributed by atoms with Crippen LogP contribution in [0.3, 0.4) is 0 Å². The topological polar surface area (TPSA) is 135 Å². The fourth-order valence-corrected chi connectivity index (χ4v) is 2.79. The van der Waals surface area contributed by atoms with Crippen LogP contribution in [0.4, 0.5) is 11.5 Å². The number of carboxylic acid groups (broad SMARTS) is 1. The number of nitrogens with zero attached hydrogens (tertiary/aromatic N) is 2. The van der Waals surface area contributed by atoms with Crippen molar-refractivity contribution >= 4 is 39.1 Å². The summed E-state index contributed by atoms with van der Waals surface area (Å²) < 4.78 is 26.5. The minimum absolute atomic E-state index is 0.0902. The quantitative estimate of drug-likeness (QED) is 0.718. The number of halogens is 1. The third-order valence-electron chi connectivity index (χ3n) is 2.39. The largest absolute Gasteiger partial charge is 0.478 e. The Morgan fingerprint density at radius 1 is 1.24 bits per heavy atom. The maximum atomic E-state index is 12.2. The molecule has 1 aromatic heterocycles. The predicted octanol–water partition coefficient (Wildman–Crippen LogP) is 1.21. The Bertz CT molecular complexity index is 792. The molecule has 2 aromatic rings. The van der Waals surface area contributed by atoms with Crippen LogP contribution in [0.5, 0.6) is 0 Å². The number of nitrogen functional groups attached to an aromatic ring is 1. The number of aromatic nitrogens is 2. The van der Waals surface area contributed by atoms with Crippen molar-refractivity contribution in [3.8, 4) is 0 Å². The summed E-state index contributed by atoms with van der Waals surface area (Å²) in [6, 6.07) is 6.08. The molecular weight excluding hydrogens is 320 g/mol. The van der Waals surface area contributed by atoms with E-state index in [-0.39, 0.29) is 16.7 Å². The number of sulfonamides is 1. The molecule has 0 bridgehead atoms. The van der Waals surface area contributed by atoms with Gasteiger partial charge in [-0.25, -0.2) is 13.2 Å². The second-order valence-electron chi connectivity index (χ2n) is 3.91. The molecule has 0 aliphatic rings. The molecule has 0 spiro atoms. The maximum Gasteiger partial charge on any atom is 0.337 e. The normalized spacial score (nSPS) is 11.1. The molecule has 0 radical (unpaired) electrons. The zero-order chi connectivity index (χ0) is 15.6. The fraction of sp³-hybridized carbons (Fsp3) is 0. The summed E-state index contributed by atoms with van der Waals surface area (Å²) in [5.41, 5.74) is 5.16. The molecule has 0 aliphatic heterocycles. The van der Waals surface area contributed by atoms with Gasteiger partial charge in [-0.3, -0.25) is 4.72 Å². The van der Waals surface area contributed by atoms with E-state index in [0.29, 0.717) is 0 Å². The van der Waals surface area contributed by atoms with Crippen LogP contribution in [-0.2, 0) is 10.0 Å². The summed E-state index contributed by atoms with van der Waals surface area (Å²) in [7, 11) is -4.15. The molecule has 1 aromatic carbocycles. The van der Waals surface area contributed by atoms with Crippen molar-refractivity contribution in [3.05, 3.63) is 41.0 Å². The lowest BCUT2D eigenvalue weighted by atomic mass is 10.2. The van der Waals surface area contributed by atoms with Gasteiger partial charge in [-0.2, -0.15) is 0 Å². The first-order valence-electron chi connectivity index (χ1n) is 5.44. The fourth-order valence-electron chi connectivity index (χ4n) is 1.51. The van der Waals surface area contributed by atoms with E-state index in [1.54, 1.807) is 0 Å². The Kier molecular flexibility index (Phi) is 3.96. The molecule has 110 valence electrons. The molecule has 1 heterocycles. The highest BCUT2D eigenvalue weighted by Gasteiger charge is 2.23. The zero-order valence-electron chi connectivity index (χ0n) is 10.3. The van der Waals surface area contributed by atoms with Gasteiger partial charge in [0.05, 0.1) is 5.56 Å². The first-order valence-corrected chi connectivity index (χ1v) is 7.30. The summed E-state index contributed by atoms with van der Waals surface area (Å²) in [6.45, 7) is 0. The van der Waals surface area contributed by atoms with Crippen LogP contribution in [-0.4, -0.2) is 29.7 Å². The molecule has 0 fully saturated rings. The van der Waals surface area contributed by atoms with E-state index in [9.17, 15) is 13.2 Å². The van der Waals surface area contributed by atoms with E-state index in [1.165, 1.54) is 18.2 Å². The molecule has 2 rings (SSSR count). The van der Waals surface area contributed by atoms with Gasteiger partial charge in [-0.05, 0) is 30.3 Å². The lowest BCUT2D eigenvalue weighted by Crippen LogP contribution is -2.18. The minimum Gasteiger partial charge on any atom is -0.478 e. The summed E-state index contributed by atoms with van der Waals surface area (Å²) in [5.74, 6) is -1.50. The Morgan fingerprint density at radius 3 is 2.52 bits per heavy atom. The van der Waals surface area contributed by atoms with Gasteiger partial charge in [0.2, 0.25) is 0 Å². The summed E-state index contributed by atoms with van der Waals surface area (Å²) in [6.07, 6.45) is 0. The van der Waals surface area contributed by atoms with Gasteiger partial charge in [0.25, 0.3) is 10.0 Å². The highest BCUT2D eigenvalue weighted by molar-refractivity contribution is 7.92. The lowest BCUT2D eigenvalue weighted by Gasteiger charge is -2.10. The highest BCUT2D eigenvalue weighted by atomic mass is 35.5. The van der Waals surface area contributed by atoms with Gasteiger partial charge in [0, 0.05) is 5.69 Å². The SMILES string of the molecule is Nc1ccc(S(=O)(=O)Nc2ccc(Cl)nn2)c(C(=O)O)c1. The standard InChI is InChI=1S/C11H9ClN4O4S/c12-9-3-4-10(15-14-9)16-21(19,20)8-2-1-6(13)5-7(8)11(17)18/h1-5H,13H2,(H,15,16)(H,17,18). The van der Waals surface area contributed by atoms with Gasteiger partial charge in [0.1, 0.15) is 4.90 Å². The average Bonchev–Trinajstić information content (AvgIpc) is 2.40. The van der Waals surface area contributed by atoms with Crippen molar-refractivity contribution in [1.82, 2.24) is 10.2 Å². The number of carbonyl (C=O) groups is 1. The number of anilines is 2. The van der Waals surface area contributed by atoms with Crippen molar-refractivity contribution in [2.24, 2.45) is 0 Å².